The van der Waals surface area contributed by atoms with Gasteiger partial charge < -0.3 is 37.2 Å². The largest absolute Gasteiger partial charge is 4.00 e. The second-order valence-electron chi connectivity index (χ2n) is 8.20. The van der Waals surface area contributed by atoms with E-state index in [9.17, 15) is 0 Å². The van der Waals surface area contributed by atoms with Gasteiger partial charge in [0.05, 0.1) is 8.80 Å². The summed E-state index contributed by atoms with van der Waals surface area (Å²) >= 11 is 0. The van der Waals surface area contributed by atoms with Crippen molar-refractivity contribution in [3.63, 3.8) is 0 Å². The minimum atomic E-state index is -1.43. The van der Waals surface area contributed by atoms with Gasteiger partial charge in [0.15, 0.2) is 0 Å². The van der Waals surface area contributed by atoms with E-state index >= 15 is 0 Å². The molecule has 0 N–H and O–H groups in total. The molecule has 2 aromatic carbocycles. The van der Waals surface area contributed by atoms with E-state index in [2.05, 4.69) is 91.0 Å². The van der Waals surface area contributed by atoms with Crippen LogP contribution in [0.4, 0.5) is 0 Å². The van der Waals surface area contributed by atoms with Crippen LogP contribution in [0.5, 0.6) is 0 Å². The molecule has 0 nitrogen and oxygen atoms in total. The van der Waals surface area contributed by atoms with Crippen LogP contribution in [-0.4, -0.2) is 8.80 Å². The normalized spacial score (nSPS) is 18.0. The number of rotatable bonds is 3. The van der Waals surface area contributed by atoms with Crippen LogP contribution < -0.4 is 47.6 Å². The summed E-state index contributed by atoms with van der Waals surface area (Å²) in [5.41, 5.74) is 8.90. The predicted molar refractivity (Wildman–Crippen MR) is 115 cm³/mol. The first kappa shape index (κ1) is 31.0. The molecule has 29 heavy (non-hydrogen) atoms. The molecule has 0 radical (unpaired) electrons. The van der Waals surface area contributed by atoms with Gasteiger partial charge in [0.1, 0.15) is 0 Å². The van der Waals surface area contributed by atoms with E-state index in [4.69, 9.17) is 0 Å². The molecule has 2 unspecified atom stereocenters. The Kier molecular flexibility index (Phi) is 12.9. The van der Waals surface area contributed by atoms with Crippen molar-refractivity contribution in [1.82, 2.24) is 0 Å². The smallest absolute Gasteiger partial charge is 1.00 e. The predicted octanol–water partition coefficient (Wildman–Crippen LogP) is -4.12. The van der Waals surface area contributed by atoms with E-state index in [1.165, 1.54) is 33.4 Å². The average Bonchev–Trinajstić information content (AvgIpc) is 2.75. The standard InChI is InChI=1S/C24H31Si.3ClH.Ti/c1-16-11-12-22(17(2)15-16)25(24(7)13-9-8-10-14-24)23-20(5)18(3)19(4)21(23)6;;;;/h8-13,15,25H,14H2,1-7H3;3*1H;/q-1;;;;+4/p-3. The maximum atomic E-state index is 2.49. The second kappa shape index (κ2) is 12.0. The quantitative estimate of drug-likeness (QED) is 0.296. The zero-order valence-electron chi connectivity index (χ0n) is 18.5. The molecule has 0 spiro atoms. The third-order valence-corrected chi connectivity index (χ3v) is 10.9. The van der Waals surface area contributed by atoms with E-state index in [0.717, 1.165) is 6.42 Å². The molecule has 0 bridgehead atoms. The summed E-state index contributed by atoms with van der Waals surface area (Å²) in [5, 5.41) is 3.55. The van der Waals surface area contributed by atoms with Crippen molar-refractivity contribution in [2.24, 2.45) is 0 Å². The summed E-state index contributed by atoms with van der Waals surface area (Å²) in [6.07, 6.45) is 10.5. The fourth-order valence-corrected chi connectivity index (χ4v) is 9.11. The van der Waals surface area contributed by atoms with E-state index in [0.29, 0.717) is 0 Å². The van der Waals surface area contributed by atoms with Crippen LogP contribution in [0.2, 0.25) is 5.04 Å². The molecule has 0 heterocycles. The third-order valence-electron chi connectivity index (χ3n) is 6.46. The minimum Gasteiger partial charge on any atom is -1.00 e. The first-order valence-corrected chi connectivity index (χ1v) is 11.1. The number of hydrogen-bond donors (Lipinski definition) is 0. The fourth-order valence-electron chi connectivity index (χ4n) is 4.63. The summed E-state index contributed by atoms with van der Waals surface area (Å²) in [5.74, 6) is 0. The van der Waals surface area contributed by atoms with Gasteiger partial charge in [0, 0.05) is 0 Å². The first-order chi connectivity index (χ1) is 11.8. The van der Waals surface area contributed by atoms with E-state index in [-0.39, 0.29) is 64.0 Å². The van der Waals surface area contributed by atoms with Gasteiger partial charge in [0.25, 0.3) is 0 Å². The number of halogens is 3. The van der Waals surface area contributed by atoms with Crippen LogP contribution >= 0.6 is 0 Å². The molecule has 0 aliphatic heterocycles. The summed E-state index contributed by atoms with van der Waals surface area (Å²) in [4.78, 5) is 0. The van der Waals surface area contributed by atoms with Crippen molar-refractivity contribution in [2.75, 3.05) is 0 Å². The number of hydrogen-bond acceptors (Lipinski definition) is 0. The Morgan fingerprint density at radius 3 is 1.86 bits per heavy atom. The maximum absolute atomic E-state index is 2.49. The van der Waals surface area contributed by atoms with Crippen LogP contribution in [0.25, 0.3) is 0 Å². The zero-order chi connectivity index (χ0) is 18.4. The number of benzene rings is 1. The van der Waals surface area contributed by atoms with Gasteiger partial charge in [-0.15, -0.1) is 0 Å². The Morgan fingerprint density at radius 2 is 1.41 bits per heavy atom. The molecule has 156 valence electrons. The Balaban J connectivity index is 0. The van der Waals surface area contributed by atoms with Gasteiger partial charge in [-0.2, -0.15) is 27.4 Å². The van der Waals surface area contributed by atoms with Crippen LogP contribution in [0.3, 0.4) is 0 Å². The molecule has 5 heteroatoms. The molecule has 1 aliphatic carbocycles. The molecule has 0 saturated carbocycles. The van der Waals surface area contributed by atoms with E-state index < -0.39 is 8.80 Å². The van der Waals surface area contributed by atoms with Crippen LogP contribution in [0.1, 0.15) is 46.7 Å². The van der Waals surface area contributed by atoms with Gasteiger partial charge in [-0.3, -0.25) is 0 Å². The fraction of sp³-hybridized carbons (Fsp3) is 0.375. The Morgan fingerprint density at radius 1 is 0.862 bits per heavy atom. The Hall–Kier alpha value is -0.149. The summed E-state index contributed by atoms with van der Waals surface area (Å²) < 4.78 is 0. The number of aryl methyl sites for hydroxylation is 2. The van der Waals surface area contributed by atoms with Crippen LogP contribution in [0.15, 0.2) is 42.5 Å². The second-order valence-corrected chi connectivity index (χ2v) is 11.6. The van der Waals surface area contributed by atoms with Gasteiger partial charge >= 0.3 is 21.7 Å². The molecule has 2 atom stereocenters. The molecule has 2 aromatic rings. The number of allylic oxidation sites excluding steroid dienone is 4. The maximum Gasteiger partial charge on any atom is 4.00 e. The molecule has 0 amide bonds. The molecule has 1 aliphatic rings. The van der Waals surface area contributed by atoms with E-state index in [1.54, 1.807) is 10.4 Å². The SMILES string of the molecule is Cc1ccc([SiH]([c-]2c(C)c(C)c(C)c2C)C2(C)C=CC=CC2)c(C)c1.[Cl-].[Cl-].[Cl-].[Ti+4]. The monoisotopic (exact) mass is 500 g/mol. The summed E-state index contributed by atoms with van der Waals surface area (Å²) in [6.45, 7) is 16.3. The van der Waals surface area contributed by atoms with Gasteiger partial charge in [-0.1, -0.05) is 93.4 Å². The minimum absolute atomic E-state index is 0. The van der Waals surface area contributed by atoms with Gasteiger partial charge in [-0.05, 0) is 25.3 Å². The van der Waals surface area contributed by atoms with Crippen molar-refractivity contribution >= 4 is 19.2 Å². The van der Waals surface area contributed by atoms with Crippen LogP contribution in [0, 0.1) is 41.5 Å². The Bertz CT molecular complexity index is 857. The molecule has 0 aromatic heterocycles. The molecular formula is C24H31Cl3SiTi. The molecule has 0 fully saturated rings. The van der Waals surface area contributed by atoms with Crippen molar-refractivity contribution in [3.05, 3.63) is 75.9 Å². The summed E-state index contributed by atoms with van der Waals surface area (Å²) in [6, 6.07) is 7.10. The summed E-state index contributed by atoms with van der Waals surface area (Å²) in [7, 11) is -1.43. The van der Waals surface area contributed by atoms with Gasteiger partial charge in [-0.25, -0.2) is 0 Å². The topological polar surface area (TPSA) is 0 Å². The average molecular weight is 502 g/mol. The zero-order valence-corrected chi connectivity index (χ0v) is 23.4. The van der Waals surface area contributed by atoms with Gasteiger partial charge in [0.2, 0.25) is 0 Å². The van der Waals surface area contributed by atoms with Crippen molar-refractivity contribution in [1.29, 1.82) is 0 Å². The Labute approximate surface area is 212 Å². The first-order valence-electron chi connectivity index (χ1n) is 9.40. The molecule has 0 saturated heterocycles. The van der Waals surface area contributed by atoms with Crippen molar-refractivity contribution < 1.29 is 58.9 Å². The van der Waals surface area contributed by atoms with Crippen molar-refractivity contribution in [2.45, 2.75) is 59.9 Å². The van der Waals surface area contributed by atoms with Crippen LogP contribution in [-0.2, 0) is 21.7 Å². The molecule has 3 rings (SSSR count). The molecular weight excluding hydrogens is 471 g/mol. The third kappa shape index (κ3) is 5.76. The van der Waals surface area contributed by atoms with Crippen molar-refractivity contribution in [3.8, 4) is 0 Å². The van der Waals surface area contributed by atoms with E-state index in [1.807, 2.05) is 0 Å².